The van der Waals surface area contributed by atoms with Crippen LogP contribution in [-0.2, 0) is 10.2 Å². The fourth-order valence-corrected chi connectivity index (χ4v) is 5.69. The summed E-state index contributed by atoms with van der Waals surface area (Å²) in [7, 11) is -3.43. The normalized spacial score (nSPS) is 16.7. The van der Waals surface area contributed by atoms with Gasteiger partial charge >= 0.3 is 0 Å². The molecule has 0 N–H and O–H groups in total. The predicted octanol–water partition coefficient (Wildman–Crippen LogP) is 2.25. The van der Waals surface area contributed by atoms with Gasteiger partial charge < -0.3 is 4.90 Å². The molecule has 0 unspecified atom stereocenters. The summed E-state index contributed by atoms with van der Waals surface area (Å²) >= 11 is 1.56. The van der Waals surface area contributed by atoms with Gasteiger partial charge in [0, 0.05) is 54.7 Å². The topological polar surface area (TPSA) is 60.9 Å². The van der Waals surface area contributed by atoms with Crippen molar-refractivity contribution in [3.8, 4) is 0 Å². The average Bonchev–Trinajstić information content (AvgIpc) is 3.06. The molecule has 25 heavy (non-hydrogen) atoms. The molecule has 1 aliphatic heterocycles. The quantitative estimate of drug-likeness (QED) is 0.798. The maximum absolute atomic E-state index is 12.8. The fraction of sp³-hybridized carbons (Fsp3) is 0.471. The Morgan fingerprint density at radius 3 is 2.40 bits per heavy atom. The maximum atomic E-state index is 12.8. The van der Waals surface area contributed by atoms with Gasteiger partial charge in [-0.15, -0.1) is 11.3 Å². The first kappa shape index (κ1) is 18.3. The van der Waals surface area contributed by atoms with E-state index in [-0.39, 0.29) is 5.91 Å². The third-order valence-electron chi connectivity index (χ3n) is 4.60. The summed E-state index contributed by atoms with van der Waals surface area (Å²) in [4.78, 5) is 14.6. The summed E-state index contributed by atoms with van der Waals surface area (Å²) in [5.74, 6) is -0.0164. The molecule has 1 saturated heterocycles. The van der Waals surface area contributed by atoms with E-state index in [1.165, 1.54) is 8.61 Å². The molecule has 0 spiro atoms. The second-order valence-electron chi connectivity index (χ2n) is 5.93. The first-order chi connectivity index (χ1) is 12.0. The van der Waals surface area contributed by atoms with Crippen molar-refractivity contribution in [1.82, 2.24) is 13.5 Å². The number of fused-ring (bicyclic) bond motifs is 1. The Morgan fingerprint density at radius 1 is 1.12 bits per heavy atom. The number of carbonyl (C=O) groups is 1. The zero-order chi connectivity index (χ0) is 18.0. The van der Waals surface area contributed by atoms with E-state index in [9.17, 15) is 13.2 Å². The van der Waals surface area contributed by atoms with Crippen LogP contribution in [0.1, 0.15) is 24.2 Å². The predicted molar refractivity (Wildman–Crippen MR) is 101 cm³/mol. The third kappa shape index (κ3) is 3.44. The second kappa shape index (κ2) is 7.41. The van der Waals surface area contributed by atoms with Gasteiger partial charge in [0.2, 0.25) is 0 Å². The van der Waals surface area contributed by atoms with Crippen LogP contribution < -0.4 is 0 Å². The largest absolute Gasteiger partial charge is 0.336 e. The van der Waals surface area contributed by atoms with E-state index >= 15 is 0 Å². The molecule has 0 saturated carbocycles. The molecule has 136 valence electrons. The SMILES string of the molecule is CCN(CC)S(=O)(=O)N1CCN(C(=O)c2csc3ccccc23)CC1. The number of carbonyl (C=O) groups excluding carboxylic acids is 1. The van der Waals surface area contributed by atoms with Gasteiger partial charge in [-0.05, 0) is 6.07 Å². The number of hydrogen-bond acceptors (Lipinski definition) is 4. The lowest BCUT2D eigenvalue weighted by atomic mass is 10.1. The number of thiophene rings is 1. The van der Waals surface area contributed by atoms with Crippen LogP contribution in [0.5, 0.6) is 0 Å². The Bertz CT molecular complexity index is 851. The van der Waals surface area contributed by atoms with Crippen molar-refractivity contribution in [1.29, 1.82) is 0 Å². The smallest absolute Gasteiger partial charge is 0.282 e. The highest BCUT2D eigenvalue weighted by atomic mass is 32.2. The number of piperazine rings is 1. The molecule has 1 aliphatic rings. The minimum Gasteiger partial charge on any atom is -0.336 e. The third-order valence-corrected chi connectivity index (χ3v) is 7.75. The fourth-order valence-electron chi connectivity index (χ4n) is 3.15. The minimum absolute atomic E-state index is 0.0164. The first-order valence-electron chi connectivity index (χ1n) is 8.49. The Balaban J connectivity index is 1.71. The van der Waals surface area contributed by atoms with Crippen molar-refractivity contribution in [2.24, 2.45) is 0 Å². The molecule has 0 bridgehead atoms. The molecule has 1 aromatic carbocycles. The van der Waals surface area contributed by atoms with Crippen LogP contribution >= 0.6 is 11.3 Å². The van der Waals surface area contributed by atoms with E-state index in [2.05, 4.69) is 0 Å². The highest BCUT2D eigenvalue weighted by molar-refractivity contribution is 7.86. The number of amides is 1. The number of benzene rings is 1. The molecule has 1 fully saturated rings. The van der Waals surface area contributed by atoms with E-state index < -0.39 is 10.2 Å². The number of hydrogen-bond donors (Lipinski definition) is 0. The lowest BCUT2D eigenvalue weighted by molar-refractivity contribution is 0.0696. The average molecular weight is 382 g/mol. The van der Waals surface area contributed by atoms with Gasteiger partial charge in [0.25, 0.3) is 16.1 Å². The lowest BCUT2D eigenvalue weighted by Crippen LogP contribution is -2.54. The van der Waals surface area contributed by atoms with Gasteiger partial charge in [0.1, 0.15) is 0 Å². The zero-order valence-corrected chi connectivity index (χ0v) is 16.1. The number of nitrogens with zero attached hydrogens (tertiary/aromatic N) is 3. The highest BCUT2D eigenvalue weighted by Gasteiger charge is 2.32. The first-order valence-corrected chi connectivity index (χ1v) is 10.8. The summed E-state index contributed by atoms with van der Waals surface area (Å²) < 4.78 is 29.2. The van der Waals surface area contributed by atoms with Crippen LogP contribution in [0, 0.1) is 0 Å². The second-order valence-corrected chi connectivity index (χ2v) is 8.77. The zero-order valence-electron chi connectivity index (χ0n) is 14.5. The van der Waals surface area contributed by atoms with Crippen molar-refractivity contribution in [2.45, 2.75) is 13.8 Å². The van der Waals surface area contributed by atoms with Crippen molar-refractivity contribution in [3.63, 3.8) is 0 Å². The van der Waals surface area contributed by atoms with Crippen LogP contribution in [-0.4, -0.2) is 67.1 Å². The van der Waals surface area contributed by atoms with Crippen LogP contribution in [0.4, 0.5) is 0 Å². The molecule has 1 aromatic heterocycles. The van der Waals surface area contributed by atoms with Crippen molar-refractivity contribution in [2.75, 3.05) is 39.3 Å². The summed E-state index contributed by atoms with van der Waals surface area (Å²) in [6, 6.07) is 7.86. The Labute approximate surface area is 152 Å². The van der Waals surface area contributed by atoms with Crippen LogP contribution in [0.3, 0.4) is 0 Å². The van der Waals surface area contributed by atoms with Crippen molar-refractivity contribution in [3.05, 3.63) is 35.2 Å². The highest BCUT2D eigenvalue weighted by Crippen LogP contribution is 2.27. The van der Waals surface area contributed by atoms with Crippen LogP contribution in [0.25, 0.3) is 10.1 Å². The van der Waals surface area contributed by atoms with Crippen LogP contribution in [0.2, 0.25) is 0 Å². The lowest BCUT2D eigenvalue weighted by Gasteiger charge is -2.36. The molecule has 2 aromatic rings. The van der Waals surface area contributed by atoms with E-state index in [0.29, 0.717) is 44.8 Å². The van der Waals surface area contributed by atoms with Crippen molar-refractivity contribution >= 4 is 37.5 Å². The summed E-state index contributed by atoms with van der Waals surface area (Å²) in [6.45, 7) is 6.11. The molecule has 0 atom stereocenters. The Morgan fingerprint density at radius 2 is 1.76 bits per heavy atom. The van der Waals surface area contributed by atoms with Crippen LogP contribution in [0.15, 0.2) is 29.6 Å². The van der Waals surface area contributed by atoms with Crippen molar-refractivity contribution < 1.29 is 13.2 Å². The van der Waals surface area contributed by atoms with E-state index in [1.54, 1.807) is 16.2 Å². The monoisotopic (exact) mass is 381 g/mol. The van der Waals surface area contributed by atoms with E-state index in [0.717, 1.165) is 10.1 Å². The van der Waals surface area contributed by atoms with Gasteiger partial charge in [0.15, 0.2) is 0 Å². The van der Waals surface area contributed by atoms with E-state index in [1.807, 2.05) is 43.5 Å². The van der Waals surface area contributed by atoms with Gasteiger partial charge in [-0.25, -0.2) is 0 Å². The summed E-state index contributed by atoms with van der Waals surface area (Å²) in [6.07, 6.45) is 0. The van der Waals surface area contributed by atoms with Gasteiger partial charge in [-0.3, -0.25) is 4.79 Å². The van der Waals surface area contributed by atoms with Gasteiger partial charge in [-0.2, -0.15) is 17.0 Å². The molecule has 3 rings (SSSR count). The van der Waals surface area contributed by atoms with Gasteiger partial charge in [0.05, 0.1) is 5.56 Å². The summed E-state index contributed by atoms with van der Waals surface area (Å²) in [5, 5.41) is 2.86. The van der Waals surface area contributed by atoms with Gasteiger partial charge in [-0.1, -0.05) is 32.0 Å². The maximum Gasteiger partial charge on any atom is 0.282 e. The molecular weight excluding hydrogens is 358 g/mol. The summed E-state index contributed by atoms with van der Waals surface area (Å²) in [5.41, 5.74) is 0.709. The molecule has 0 aliphatic carbocycles. The molecule has 2 heterocycles. The Hall–Kier alpha value is -1.48. The standard InChI is InChI=1S/C17H23N3O3S2/c1-3-19(4-2)25(22,23)20-11-9-18(10-12-20)17(21)15-13-24-16-8-6-5-7-14(15)16/h5-8,13H,3-4,9-12H2,1-2H3. The molecular formula is C17H23N3O3S2. The molecule has 1 amide bonds. The number of rotatable bonds is 5. The Kier molecular flexibility index (Phi) is 5.43. The minimum atomic E-state index is -3.43. The van der Waals surface area contributed by atoms with E-state index in [4.69, 9.17) is 0 Å². The molecule has 0 radical (unpaired) electrons. The molecule has 6 nitrogen and oxygen atoms in total. The molecule has 8 heteroatoms.